The zero-order valence-electron chi connectivity index (χ0n) is 18.8. The lowest BCUT2D eigenvalue weighted by Crippen LogP contribution is -2.13. The molecule has 180 valence electrons. The highest BCUT2D eigenvalue weighted by atomic mass is 19.4. The molecule has 0 bridgehead atoms. The van der Waals surface area contributed by atoms with Gasteiger partial charge >= 0.3 is 6.18 Å². The highest BCUT2D eigenvalue weighted by molar-refractivity contribution is 6.04. The lowest BCUT2D eigenvalue weighted by Gasteiger charge is -2.14. The van der Waals surface area contributed by atoms with Gasteiger partial charge in [-0.15, -0.1) is 0 Å². The van der Waals surface area contributed by atoms with Crippen molar-refractivity contribution >= 4 is 34.3 Å². The number of hydrogen-bond acceptors (Lipinski definition) is 6. The van der Waals surface area contributed by atoms with Gasteiger partial charge in [0.1, 0.15) is 23.4 Å². The van der Waals surface area contributed by atoms with Crippen molar-refractivity contribution < 1.29 is 18.0 Å². The van der Waals surface area contributed by atoms with Gasteiger partial charge in [-0.25, -0.2) is 19.9 Å². The number of anilines is 3. The van der Waals surface area contributed by atoms with E-state index in [0.717, 1.165) is 29.8 Å². The number of rotatable bonds is 5. The molecule has 3 aromatic heterocycles. The number of benzene rings is 2. The van der Waals surface area contributed by atoms with Crippen molar-refractivity contribution in [2.24, 2.45) is 0 Å². The molecule has 1 amide bonds. The normalized spacial score (nSPS) is 11.4. The molecule has 0 aliphatic heterocycles. The van der Waals surface area contributed by atoms with Crippen LogP contribution in [0.4, 0.5) is 30.4 Å². The van der Waals surface area contributed by atoms with Crippen LogP contribution in [0.5, 0.6) is 0 Å². The van der Waals surface area contributed by atoms with Crippen LogP contribution in [-0.2, 0) is 6.18 Å². The Morgan fingerprint density at radius 3 is 2.56 bits per heavy atom. The molecule has 0 aliphatic rings. The van der Waals surface area contributed by atoms with E-state index in [2.05, 4.69) is 35.6 Å². The van der Waals surface area contributed by atoms with Crippen LogP contribution >= 0.6 is 0 Å². The fourth-order valence-corrected chi connectivity index (χ4v) is 3.63. The highest BCUT2D eigenvalue weighted by Crippen LogP contribution is 2.32. The monoisotopic (exact) mass is 489 g/mol. The number of aryl methyl sites for hydroxylation is 1. The molecule has 3 heterocycles. The first-order chi connectivity index (χ1) is 17.3. The van der Waals surface area contributed by atoms with Gasteiger partial charge in [0.2, 0.25) is 0 Å². The van der Waals surface area contributed by atoms with Crippen LogP contribution in [0.25, 0.3) is 22.4 Å². The zero-order valence-corrected chi connectivity index (χ0v) is 18.8. The number of amides is 1. The smallest absolute Gasteiger partial charge is 0.339 e. The van der Waals surface area contributed by atoms with Gasteiger partial charge < -0.3 is 15.6 Å². The molecule has 0 fully saturated rings. The van der Waals surface area contributed by atoms with Crippen molar-refractivity contribution in [3.05, 3.63) is 90.1 Å². The summed E-state index contributed by atoms with van der Waals surface area (Å²) < 4.78 is 38.4. The molecule has 0 radical (unpaired) electrons. The van der Waals surface area contributed by atoms with Crippen molar-refractivity contribution in [3.63, 3.8) is 0 Å². The summed E-state index contributed by atoms with van der Waals surface area (Å²) in [6.07, 6.45) is 0.153. The maximum atomic E-state index is 12.8. The number of nitrogens with one attached hydrogen (secondary N) is 3. The van der Waals surface area contributed by atoms with Crippen LogP contribution in [0.1, 0.15) is 21.5 Å². The Morgan fingerprint density at radius 2 is 1.78 bits per heavy atom. The van der Waals surface area contributed by atoms with E-state index in [9.17, 15) is 18.0 Å². The van der Waals surface area contributed by atoms with Crippen molar-refractivity contribution in [1.29, 1.82) is 0 Å². The third kappa shape index (κ3) is 4.58. The third-order valence-electron chi connectivity index (χ3n) is 5.50. The number of fused-ring (bicyclic) bond motifs is 1. The molecule has 0 atom stereocenters. The second-order valence-electron chi connectivity index (χ2n) is 7.91. The number of carbonyl (C=O) groups is 1. The van der Waals surface area contributed by atoms with Gasteiger partial charge in [-0.2, -0.15) is 13.2 Å². The van der Waals surface area contributed by atoms with E-state index >= 15 is 0 Å². The van der Waals surface area contributed by atoms with Crippen molar-refractivity contribution in [2.45, 2.75) is 13.1 Å². The van der Waals surface area contributed by atoms with Crippen LogP contribution in [0, 0.1) is 6.92 Å². The van der Waals surface area contributed by atoms with E-state index in [1.54, 1.807) is 30.7 Å². The number of nitrogens with zero attached hydrogens (tertiary/aromatic N) is 4. The molecule has 0 saturated heterocycles. The van der Waals surface area contributed by atoms with Gasteiger partial charge in [-0.1, -0.05) is 6.07 Å². The van der Waals surface area contributed by atoms with Crippen molar-refractivity contribution in [1.82, 2.24) is 24.9 Å². The molecule has 0 aliphatic carbocycles. The third-order valence-corrected chi connectivity index (χ3v) is 5.50. The summed E-state index contributed by atoms with van der Waals surface area (Å²) in [6.45, 7) is 1.89. The number of halogens is 3. The van der Waals surface area contributed by atoms with Gasteiger partial charge in [0, 0.05) is 28.7 Å². The molecule has 5 rings (SSSR count). The molecule has 11 heteroatoms. The Morgan fingerprint density at radius 1 is 0.972 bits per heavy atom. The van der Waals surface area contributed by atoms with Gasteiger partial charge in [-0.05, 0) is 61.0 Å². The Bertz CT molecular complexity index is 1560. The lowest BCUT2D eigenvalue weighted by atomic mass is 10.1. The van der Waals surface area contributed by atoms with E-state index in [1.165, 1.54) is 6.33 Å². The van der Waals surface area contributed by atoms with Crippen molar-refractivity contribution in [2.75, 3.05) is 10.6 Å². The van der Waals surface area contributed by atoms with Gasteiger partial charge in [0.15, 0.2) is 5.65 Å². The van der Waals surface area contributed by atoms with E-state index in [4.69, 9.17) is 0 Å². The van der Waals surface area contributed by atoms with Crippen LogP contribution in [-0.4, -0.2) is 30.8 Å². The topological polar surface area (TPSA) is 108 Å². The second kappa shape index (κ2) is 9.10. The number of aromatic nitrogens is 5. The average Bonchev–Trinajstić information content (AvgIpc) is 3.35. The fraction of sp³-hybridized carbons (Fsp3) is 0.0800. The maximum absolute atomic E-state index is 12.8. The molecule has 0 saturated carbocycles. The molecule has 3 N–H and O–H groups in total. The first-order valence-corrected chi connectivity index (χ1v) is 10.8. The quantitative estimate of drug-likeness (QED) is 0.291. The molecular weight excluding hydrogens is 471 g/mol. The fourth-order valence-electron chi connectivity index (χ4n) is 3.63. The van der Waals surface area contributed by atoms with Gasteiger partial charge in [0.05, 0.1) is 11.9 Å². The number of imidazole rings is 1. The van der Waals surface area contributed by atoms with Crippen LogP contribution in [0.3, 0.4) is 0 Å². The lowest BCUT2D eigenvalue weighted by molar-refractivity contribution is -0.137. The summed E-state index contributed by atoms with van der Waals surface area (Å²) in [6, 6.07) is 12.9. The summed E-state index contributed by atoms with van der Waals surface area (Å²) in [5.74, 6) is -0.00576. The first-order valence-electron chi connectivity index (χ1n) is 10.8. The number of pyridine rings is 1. The molecular formula is C25H18F3N7O. The Kier molecular flexibility index (Phi) is 5.80. The number of aromatic amines is 1. The zero-order chi connectivity index (χ0) is 25.3. The van der Waals surface area contributed by atoms with E-state index in [1.807, 2.05) is 19.1 Å². The second-order valence-corrected chi connectivity index (χ2v) is 7.91. The minimum Gasteiger partial charge on any atom is -0.339 e. The minimum atomic E-state index is -4.47. The van der Waals surface area contributed by atoms with Gasteiger partial charge in [-0.3, -0.25) is 4.79 Å². The molecule has 2 aromatic carbocycles. The Labute approximate surface area is 202 Å². The Balaban J connectivity index is 1.41. The highest BCUT2D eigenvalue weighted by Gasteiger charge is 2.30. The predicted molar refractivity (Wildman–Crippen MR) is 129 cm³/mol. The molecule has 0 unspecified atom stereocenters. The number of carbonyl (C=O) groups excluding carboxylic acids is 1. The molecule has 8 nitrogen and oxygen atoms in total. The van der Waals surface area contributed by atoms with E-state index in [-0.39, 0.29) is 5.56 Å². The van der Waals surface area contributed by atoms with E-state index < -0.39 is 17.6 Å². The summed E-state index contributed by atoms with van der Waals surface area (Å²) >= 11 is 0. The first kappa shape index (κ1) is 23.0. The largest absolute Gasteiger partial charge is 0.416 e. The van der Waals surface area contributed by atoms with Gasteiger partial charge in [0.25, 0.3) is 5.91 Å². The van der Waals surface area contributed by atoms with Crippen molar-refractivity contribution in [3.8, 4) is 11.3 Å². The summed E-state index contributed by atoms with van der Waals surface area (Å²) in [4.78, 5) is 32.9. The average molecular weight is 489 g/mol. The number of H-pyrrole nitrogens is 1. The number of hydrogen-bond donors (Lipinski definition) is 3. The van der Waals surface area contributed by atoms with Crippen LogP contribution in [0.15, 0.2) is 73.4 Å². The predicted octanol–water partition coefficient (Wildman–Crippen LogP) is 5.74. The Hall–Kier alpha value is -4.80. The molecule has 0 spiro atoms. The SMILES string of the molecule is Cc1ccc(NC(=O)c2ccc(C(F)(F)F)cc2)cc1Nc1ncccc1-c1ncnc2[nH]cnc12. The minimum absolute atomic E-state index is 0.108. The van der Waals surface area contributed by atoms with E-state index in [0.29, 0.717) is 39.6 Å². The maximum Gasteiger partial charge on any atom is 0.416 e. The summed E-state index contributed by atoms with van der Waals surface area (Å²) in [7, 11) is 0. The van der Waals surface area contributed by atoms with Crippen LogP contribution in [0.2, 0.25) is 0 Å². The number of alkyl halides is 3. The summed E-state index contributed by atoms with van der Waals surface area (Å²) in [5, 5.41) is 6.01. The van der Waals surface area contributed by atoms with Crippen LogP contribution < -0.4 is 10.6 Å². The molecule has 36 heavy (non-hydrogen) atoms. The standard InChI is InChI=1S/C25H18F3N7O/c1-14-4-9-17(34-24(36)15-5-7-16(8-6-15)25(26,27)28)11-19(14)35-22-18(3-2-10-29-22)20-21-23(32-12-30-20)33-13-31-21/h2-13H,1H3,(H,29,35)(H,34,36)(H,30,31,32,33). The summed E-state index contributed by atoms with van der Waals surface area (Å²) in [5.41, 5.74) is 3.81. The molecule has 5 aromatic rings.